The largest absolute Gasteiger partial charge is 0.300 e. The molecule has 0 spiro atoms. The first kappa shape index (κ1) is 19.1. The summed E-state index contributed by atoms with van der Waals surface area (Å²) in [5, 5.41) is 0. The van der Waals surface area contributed by atoms with Crippen LogP contribution in [0.1, 0.15) is 20.8 Å². The second-order valence-electron chi connectivity index (χ2n) is 5.14. The quantitative estimate of drug-likeness (QED) is 0.760. The van der Waals surface area contributed by atoms with E-state index < -0.39 is 19.9 Å². The highest BCUT2D eigenvalue weighted by Crippen LogP contribution is 2.20. The summed E-state index contributed by atoms with van der Waals surface area (Å²) in [6.45, 7) is 7.81. The van der Waals surface area contributed by atoms with E-state index in [1.165, 1.54) is 24.3 Å². The Morgan fingerprint density at radius 3 is 2.00 bits per heavy atom. The van der Waals surface area contributed by atoms with Crippen LogP contribution in [-0.4, -0.2) is 53.7 Å². The van der Waals surface area contributed by atoms with Crippen LogP contribution in [0.5, 0.6) is 0 Å². The van der Waals surface area contributed by atoms with Gasteiger partial charge in [0.25, 0.3) is 0 Å². The van der Waals surface area contributed by atoms with Gasteiger partial charge in [0.2, 0.25) is 10.0 Å². The van der Waals surface area contributed by atoms with Crippen molar-refractivity contribution in [3.63, 3.8) is 0 Å². The highest BCUT2D eigenvalue weighted by Gasteiger charge is 2.24. The summed E-state index contributed by atoms with van der Waals surface area (Å²) < 4.78 is 50.8. The first-order valence-electron chi connectivity index (χ1n) is 7.16. The van der Waals surface area contributed by atoms with E-state index in [0.717, 1.165) is 19.3 Å². The molecule has 0 amide bonds. The fourth-order valence-corrected chi connectivity index (χ4v) is 5.01. The van der Waals surface area contributed by atoms with Crippen molar-refractivity contribution in [3.05, 3.63) is 24.3 Å². The minimum absolute atomic E-state index is 0.0233. The minimum Gasteiger partial charge on any atom is -0.300 e. The first-order valence-corrected chi connectivity index (χ1v) is 10.5. The van der Waals surface area contributed by atoms with Crippen LogP contribution in [0.3, 0.4) is 0 Å². The summed E-state index contributed by atoms with van der Waals surface area (Å²) >= 11 is 0. The Hall–Kier alpha value is -0.960. The van der Waals surface area contributed by atoms with E-state index in [1.807, 2.05) is 20.8 Å². The van der Waals surface area contributed by atoms with Crippen LogP contribution in [0.2, 0.25) is 0 Å². The first-order chi connectivity index (χ1) is 10.1. The van der Waals surface area contributed by atoms with E-state index in [0.29, 0.717) is 0 Å². The molecule has 126 valence electrons. The van der Waals surface area contributed by atoms with Crippen LogP contribution in [0.15, 0.2) is 34.1 Å². The molecule has 0 radical (unpaired) electrons. The predicted molar refractivity (Wildman–Crippen MR) is 87.1 cm³/mol. The molecule has 1 aromatic rings. The average molecular weight is 348 g/mol. The number of rotatable bonds is 8. The third-order valence-corrected chi connectivity index (χ3v) is 6.31. The normalized spacial score (nSPS) is 14.2. The topological polar surface area (TPSA) is 83.6 Å². The van der Waals surface area contributed by atoms with Gasteiger partial charge in [0.15, 0.2) is 9.84 Å². The Labute approximate surface area is 133 Å². The number of sulfone groups is 1. The summed E-state index contributed by atoms with van der Waals surface area (Å²) in [4.78, 5) is 1.73. The lowest BCUT2D eigenvalue weighted by Crippen LogP contribution is -2.42. The monoisotopic (exact) mass is 348 g/mol. The van der Waals surface area contributed by atoms with Gasteiger partial charge in [-0.2, -0.15) is 0 Å². The smallest absolute Gasteiger partial charge is 0.241 e. The molecule has 0 fully saturated rings. The molecule has 0 aliphatic rings. The van der Waals surface area contributed by atoms with Gasteiger partial charge in [0.05, 0.1) is 4.90 Å². The van der Waals surface area contributed by atoms with Crippen molar-refractivity contribution in [1.29, 1.82) is 0 Å². The number of hydrogen-bond acceptors (Lipinski definition) is 5. The lowest BCUT2D eigenvalue weighted by molar-refractivity contribution is 0.232. The SMILES string of the molecule is CCN(CC)C(C)CNS(=O)(=O)c1ccccc1S(C)(=O)=O. The molecular weight excluding hydrogens is 324 g/mol. The summed E-state index contributed by atoms with van der Waals surface area (Å²) in [5.41, 5.74) is 0. The molecule has 8 heteroatoms. The number of sulfonamides is 1. The lowest BCUT2D eigenvalue weighted by atomic mass is 10.3. The highest BCUT2D eigenvalue weighted by molar-refractivity contribution is 7.93. The maximum Gasteiger partial charge on any atom is 0.241 e. The standard InChI is InChI=1S/C14H24N2O4S2/c1-5-16(6-2)12(3)11-15-22(19,20)14-10-8-7-9-13(14)21(4,17)18/h7-10,12,15H,5-6,11H2,1-4H3. The number of nitrogens with zero attached hydrogens (tertiary/aromatic N) is 1. The molecule has 1 atom stereocenters. The molecule has 0 bridgehead atoms. The van der Waals surface area contributed by atoms with E-state index in [4.69, 9.17) is 0 Å². The molecule has 6 nitrogen and oxygen atoms in total. The van der Waals surface area contributed by atoms with Gasteiger partial charge in [-0.1, -0.05) is 26.0 Å². The van der Waals surface area contributed by atoms with Gasteiger partial charge in [-0.15, -0.1) is 0 Å². The molecule has 1 aromatic carbocycles. The molecule has 1 unspecified atom stereocenters. The summed E-state index contributed by atoms with van der Waals surface area (Å²) in [6, 6.07) is 5.65. The van der Waals surface area contributed by atoms with Crippen molar-refractivity contribution in [2.75, 3.05) is 25.9 Å². The second-order valence-corrected chi connectivity index (χ2v) is 8.86. The molecule has 0 saturated carbocycles. The van der Waals surface area contributed by atoms with Crippen LogP contribution in [0, 0.1) is 0 Å². The molecule has 1 rings (SSSR count). The van der Waals surface area contributed by atoms with E-state index in [1.54, 1.807) is 0 Å². The molecule has 0 saturated heterocycles. The van der Waals surface area contributed by atoms with Crippen molar-refractivity contribution in [1.82, 2.24) is 9.62 Å². The van der Waals surface area contributed by atoms with Crippen LogP contribution in [-0.2, 0) is 19.9 Å². The van der Waals surface area contributed by atoms with Gasteiger partial charge >= 0.3 is 0 Å². The van der Waals surface area contributed by atoms with Crippen molar-refractivity contribution in [3.8, 4) is 0 Å². The summed E-state index contributed by atoms with van der Waals surface area (Å²) in [7, 11) is -7.49. The van der Waals surface area contributed by atoms with Gasteiger partial charge in [0, 0.05) is 18.8 Å². The van der Waals surface area contributed by atoms with Gasteiger partial charge in [-0.3, -0.25) is 4.90 Å². The Balaban J connectivity index is 3.02. The van der Waals surface area contributed by atoms with E-state index in [9.17, 15) is 16.8 Å². The summed E-state index contributed by atoms with van der Waals surface area (Å²) in [6.07, 6.45) is 1.000. The highest BCUT2D eigenvalue weighted by atomic mass is 32.2. The lowest BCUT2D eigenvalue weighted by Gasteiger charge is -2.26. The molecular formula is C14H24N2O4S2. The average Bonchev–Trinajstić information content (AvgIpc) is 2.45. The fourth-order valence-electron chi connectivity index (χ4n) is 2.26. The molecule has 0 aliphatic carbocycles. The Bertz CT molecular complexity index is 695. The minimum atomic E-state index is -3.87. The molecule has 0 aliphatic heterocycles. The molecule has 1 N–H and O–H groups in total. The van der Waals surface area contributed by atoms with Crippen LogP contribution in [0.25, 0.3) is 0 Å². The van der Waals surface area contributed by atoms with Gasteiger partial charge in [0.1, 0.15) is 4.90 Å². The zero-order valence-corrected chi connectivity index (χ0v) is 15.0. The predicted octanol–water partition coefficient (Wildman–Crippen LogP) is 1.10. The van der Waals surface area contributed by atoms with Crippen molar-refractivity contribution in [2.24, 2.45) is 0 Å². The van der Waals surface area contributed by atoms with E-state index in [-0.39, 0.29) is 22.4 Å². The Morgan fingerprint density at radius 1 is 1.05 bits per heavy atom. The number of nitrogens with one attached hydrogen (secondary N) is 1. The Morgan fingerprint density at radius 2 is 1.55 bits per heavy atom. The summed E-state index contributed by atoms with van der Waals surface area (Å²) in [5.74, 6) is 0. The number of hydrogen-bond donors (Lipinski definition) is 1. The maximum atomic E-state index is 12.4. The van der Waals surface area contributed by atoms with E-state index >= 15 is 0 Å². The van der Waals surface area contributed by atoms with E-state index in [2.05, 4.69) is 9.62 Å². The fraction of sp³-hybridized carbons (Fsp3) is 0.571. The third-order valence-electron chi connectivity index (χ3n) is 3.54. The Kier molecular flexibility index (Phi) is 6.54. The van der Waals surface area contributed by atoms with Crippen LogP contribution in [0.4, 0.5) is 0 Å². The maximum absolute atomic E-state index is 12.4. The van der Waals surface area contributed by atoms with Crippen LogP contribution < -0.4 is 4.72 Å². The molecule has 0 heterocycles. The number of benzene rings is 1. The van der Waals surface area contributed by atoms with Gasteiger partial charge < -0.3 is 0 Å². The zero-order chi connectivity index (χ0) is 17.0. The van der Waals surface area contributed by atoms with Crippen molar-refractivity contribution in [2.45, 2.75) is 36.6 Å². The number of likely N-dealkylation sites (N-methyl/N-ethyl adjacent to an activating group) is 1. The molecule has 22 heavy (non-hydrogen) atoms. The van der Waals surface area contributed by atoms with Crippen molar-refractivity contribution >= 4 is 19.9 Å². The van der Waals surface area contributed by atoms with Crippen LogP contribution >= 0.6 is 0 Å². The van der Waals surface area contributed by atoms with Gasteiger partial charge in [-0.25, -0.2) is 21.6 Å². The second kappa shape index (κ2) is 7.54. The zero-order valence-electron chi connectivity index (χ0n) is 13.4. The van der Waals surface area contributed by atoms with Crippen molar-refractivity contribution < 1.29 is 16.8 Å². The van der Waals surface area contributed by atoms with Gasteiger partial charge in [-0.05, 0) is 32.1 Å². The third kappa shape index (κ3) is 4.77. The molecule has 0 aromatic heterocycles.